The third-order valence-electron chi connectivity index (χ3n) is 1.75. The molecular formula is C9H7BF3NO3. The molecule has 1 aliphatic heterocycles. The summed E-state index contributed by atoms with van der Waals surface area (Å²) in [5.74, 6) is -0.323. The molecule has 1 aliphatic rings. The van der Waals surface area contributed by atoms with E-state index >= 15 is 0 Å². The molecule has 90 valence electrons. The van der Waals surface area contributed by atoms with Crippen LogP contribution < -0.4 is 4.74 Å². The maximum absolute atomic E-state index is 10.6. The van der Waals surface area contributed by atoms with E-state index in [0.29, 0.717) is 18.0 Å². The Morgan fingerprint density at radius 1 is 1.41 bits per heavy atom. The van der Waals surface area contributed by atoms with Crippen LogP contribution in [0.2, 0.25) is 0 Å². The summed E-state index contributed by atoms with van der Waals surface area (Å²) in [5, 5.41) is 8.69. The molecule has 0 fully saturated rings. The Bertz CT molecular complexity index is 437. The molecule has 4 nitrogen and oxygen atoms in total. The molecule has 2 rings (SSSR count). The highest BCUT2D eigenvalue weighted by atomic mass is 19.4. The number of rotatable bonds is 1. The Labute approximate surface area is 95.0 Å². The summed E-state index contributed by atoms with van der Waals surface area (Å²) in [6, 6.07) is 4.62. The molecule has 0 unspecified atom stereocenters. The Morgan fingerprint density at radius 3 is 2.65 bits per heavy atom. The van der Waals surface area contributed by atoms with Crippen LogP contribution in [0.3, 0.4) is 0 Å². The van der Waals surface area contributed by atoms with Gasteiger partial charge in [-0.1, -0.05) is 0 Å². The molecule has 0 saturated carbocycles. The van der Waals surface area contributed by atoms with Crippen molar-refractivity contribution in [3.63, 3.8) is 0 Å². The number of aliphatic imine (C=N–C) groups is 1. The molecular weight excluding hydrogens is 238 g/mol. The predicted octanol–water partition coefficient (Wildman–Crippen LogP) is 2.36. The van der Waals surface area contributed by atoms with E-state index in [4.69, 9.17) is 9.84 Å². The van der Waals surface area contributed by atoms with Gasteiger partial charge >= 0.3 is 13.5 Å². The first-order chi connectivity index (χ1) is 8.00. The number of hydrogen-bond acceptors (Lipinski definition) is 3. The van der Waals surface area contributed by atoms with E-state index in [1.165, 1.54) is 12.1 Å². The molecule has 0 amide bonds. The van der Waals surface area contributed by atoms with Gasteiger partial charge in [0.2, 0.25) is 0 Å². The highest BCUT2D eigenvalue weighted by Crippen LogP contribution is 2.30. The third kappa shape index (κ3) is 4.17. The number of halogens is 3. The molecule has 0 saturated heterocycles. The van der Waals surface area contributed by atoms with Gasteiger partial charge in [0.05, 0.1) is 5.56 Å². The van der Waals surface area contributed by atoms with E-state index in [1.807, 2.05) is 0 Å². The molecule has 0 radical (unpaired) electrons. The Balaban J connectivity index is 0.000000317. The standard InChI is InChI=1S/C9H7NO3.BF3/c11-9(12)6-1-2-8-7(5-6)10-3-4-13-8;2-1(3)4/h1-3,5H,4H2,(H,11,12);. The van der Waals surface area contributed by atoms with Crippen molar-refractivity contribution in [1.29, 1.82) is 0 Å². The second-order valence-electron chi connectivity index (χ2n) is 2.86. The second-order valence-corrected chi connectivity index (χ2v) is 2.86. The zero-order chi connectivity index (χ0) is 12.8. The maximum Gasteiger partial charge on any atom is 0.762 e. The Kier molecular flexibility index (Phi) is 4.56. The molecule has 1 N–H and O–H groups in total. The number of aromatic carboxylic acids is 1. The van der Waals surface area contributed by atoms with Crippen molar-refractivity contribution in [2.24, 2.45) is 4.99 Å². The summed E-state index contributed by atoms with van der Waals surface area (Å²) in [7, 11) is -3.67. The van der Waals surface area contributed by atoms with Crippen LogP contribution in [0, 0.1) is 0 Å². The van der Waals surface area contributed by atoms with Crippen molar-refractivity contribution in [1.82, 2.24) is 0 Å². The van der Waals surface area contributed by atoms with Crippen molar-refractivity contribution >= 4 is 25.4 Å². The molecule has 1 heterocycles. The van der Waals surface area contributed by atoms with Crippen LogP contribution >= 0.6 is 0 Å². The number of nitrogens with zero attached hydrogens (tertiary/aromatic N) is 1. The number of carboxylic acids is 1. The first-order valence-corrected chi connectivity index (χ1v) is 4.45. The van der Waals surface area contributed by atoms with Gasteiger partial charge in [0, 0.05) is 6.21 Å². The van der Waals surface area contributed by atoms with Crippen LogP contribution in [0.15, 0.2) is 23.2 Å². The molecule has 17 heavy (non-hydrogen) atoms. The molecule has 1 aromatic rings. The Morgan fingerprint density at radius 2 is 2.06 bits per heavy atom. The SMILES string of the molecule is FB(F)F.O=C(O)c1ccc2c(c1)N=CCO2. The van der Waals surface area contributed by atoms with Gasteiger partial charge in [-0.2, -0.15) is 0 Å². The number of ether oxygens (including phenoxy) is 1. The van der Waals surface area contributed by atoms with Gasteiger partial charge in [-0.05, 0) is 18.2 Å². The van der Waals surface area contributed by atoms with Gasteiger partial charge in [-0.15, -0.1) is 0 Å². The van der Waals surface area contributed by atoms with E-state index in [0.717, 1.165) is 0 Å². The first-order valence-electron chi connectivity index (χ1n) is 4.45. The molecule has 0 atom stereocenters. The average molecular weight is 245 g/mol. The zero-order valence-electron chi connectivity index (χ0n) is 8.44. The second kappa shape index (κ2) is 5.93. The van der Waals surface area contributed by atoms with Crippen LogP contribution in [0.25, 0.3) is 0 Å². The fraction of sp³-hybridized carbons (Fsp3) is 0.111. The lowest BCUT2D eigenvalue weighted by Gasteiger charge is -2.11. The predicted molar refractivity (Wildman–Crippen MR) is 56.1 cm³/mol. The molecule has 8 heteroatoms. The normalized spacial score (nSPS) is 11.7. The lowest BCUT2D eigenvalue weighted by Crippen LogP contribution is -2.04. The largest absolute Gasteiger partial charge is 0.762 e. The lowest BCUT2D eigenvalue weighted by molar-refractivity contribution is 0.0697. The monoisotopic (exact) mass is 245 g/mol. The number of fused-ring (bicyclic) bond motifs is 1. The summed E-state index contributed by atoms with van der Waals surface area (Å²) >= 11 is 0. The molecule has 0 bridgehead atoms. The quantitative estimate of drug-likeness (QED) is 0.772. The molecule has 0 spiro atoms. The van der Waals surface area contributed by atoms with Gasteiger partial charge in [0.15, 0.2) is 0 Å². The first kappa shape index (κ1) is 13.1. The fourth-order valence-corrected chi connectivity index (χ4v) is 1.14. The number of hydrogen-bond donors (Lipinski definition) is 1. The van der Waals surface area contributed by atoms with E-state index in [9.17, 15) is 17.7 Å². The van der Waals surface area contributed by atoms with Crippen molar-refractivity contribution in [3.8, 4) is 5.75 Å². The molecule has 0 aliphatic carbocycles. The van der Waals surface area contributed by atoms with Crippen molar-refractivity contribution < 1.29 is 27.6 Å². The van der Waals surface area contributed by atoms with Gasteiger partial charge in [-0.25, -0.2) is 4.79 Å². The summed E-state index contributed by atoms with van der Waals surface area (Å²) in [6.07, 6.45) is 1.61. The van der Waals surface area contributed by atoms with E-state index < -0.39 is 13.5 Å². The van der Waals surface area contributed by atoms with Crippen LogP contribution in [0.1, 0.15) is 10.4 Å². The van der Waals surface area contributed by atoms with Gasteiger partial charge < -0.3 is 9.84 Å². The number of carboxylic acid groups (broad SMARTS) is 1. The van der Waals surface area contributed by atoms with Crippen LogP contribution in [0.5, 0.6) is 5.75 Å². The zero-order valence-corrected chi connectivity index (χ0v) is 8.44. The minimum absolute atomic E-state index is 0.224. The van der Waals surface area contributed by atoms with Gasteiger partial charge in [-0.3, -0.25) is 17.9 Å². The van der Waals surface area contributed by atoms with Gasteiger partial charge in [0.25, 0.3) is 0 Å². The van der Waals surface area contributed by atoms with Crippen LogP contribution in [-0.4, -0.2) is 31.4 Å². The van der Waals surface area contributed by atoms with Crippen LogP contribution in [-0.2, 0) is 0 Å². The topological polar surface area (TPSA) is 58.9 Å². The highest BCUT2D eigenvalue weighted by Gasteiger charge is 2.10. The smallest absolute Gasteiger partial charge is 0.486 e. The number of carbonyl (C=O) groups is 1. The summed E-state index contributed by atoms with van der Waals surface area (Å²) in [6.45, 7) is 0.444. The highest BCUT2D eigenvalue weighted by molar-refractivity contribution is 6.33. The van der Waals surface area contributed by atoms with E-state index in [2.05, 4.69) is 4.99 Å². The summed E-state index contributed by atoms with van der Waals surface area (Å²) < 4.78 is 34.2. The minimum atomic E-state index is -3.67. The van der Waals surface area contributed by atoms with Crippen molar-refractivity contribution in [2.45, 2.75) is 0 Å². The third-order valence-corrected chi connectivity index (χ3v) is 1.75. The lowest BCUT2D eigenvalue weighted by atomic mass is 10.2. The number of benzene rings is 1. The maximum atomic E-state index is 10.6. The fourth-order valence-electron chi connectivity index (χ4n) is 1.14. The molecule has 0 aromatic heterocycles. The summed E-state index contributed by atoms with van der Waals surface area (Å²) in [5.41, 5.74) is 0.799. The molecule has 1 aromatic carbocycles. The van der Waals surface area contributed by atoms with Crippen molar-refractivity contribution in [2.75, 3.05) is 6.61 Å². The Hall–Kier alpha value is -1.99. The van der Waals surface area contributed by atoms with E-state index in [1.54, 1.807) is 12.3 Å². The minimum Gasteiger partial charge on any atom is -0.486 e. The van der Waals surface area contributed by atoms with Crippen LogP contribution in [0.4, 0.5) is 18.6 Å². The summed E-state index contributed by atoms with van der Waals surface area (Å²) in [4.78, 5) is 14.6. The van der Waals surface area contributed by atoms with Gasteiger partial charge in [0.1, 0.15) is 18.0 Å². The van der Waals surface area contributed by atoms with E-state index in [-0.39, 0.29) is 5.56 Å². The van der Waals surface area contributed by atoms with Crippen molar-refractivity contribution in [3.05, 3.63) is 23.8 Å². The average Bonchev–Trinajstić information content (AvgIpc) is 2.27.